The molecule has 0 unspecified atom stereocenters. The summed E-state index contributed by atoms with van der Waals surface area (Å²) in [4.78, 5) is 14.4. The average Bonchev–Trinajstić information content (AvgIpc) is 2.55. The minimum atomic E-state index is -4.34. The maximum atomic E-state index is 12.3. The Bertz CT molecular complexity index is 538. The molecule has 1 aromatic rings. The Labute approximate surface area is 147 Å². The van der Waals surface area contributed by atoms with Crippen molar-refractivity contribution in [2.75, 3.05) is 27.2 Å². The van der Waals surface area contributed by atoms with Gasteiger partial charge >= 0.3 is 6.18 Å². The number of rotatable bonds is 9. The van der Waals surface area contributed by atoms with Crippen LogP contribution in [0.2, 0.25) is 0 Å². The van der Waals surface area contributed by atoms with Crippen molar-refractivity contribution < 1.29 is 22.7 Å². The normalized spacial score (nSPS) is 12.5. The predicted octanol–water partition coefficient (Wildman–Crippen LogP) is 3.62. The number of ether oxygens (including phenoxy) is 1. The number of nitrogens with one attached hydrogen (secondary N) is 1. The van der Waals surface area contributed by atoms with Gasteiger partial charge in [-0.2, -0.15) is 13.2 Å². The van der Waals surface area contributed by atoms with Crippen LogP contribution in [0.5, 0.6) is 0 Å². The van der Waals surface area contributed by atoms with E-state index in [1.54, 1.807) is 24.3 Å². The van der Waals surface area contributed by atoms with Crippen LogP contribution in [-0.2, 0) is 11.3 Å². The molecule has 0 bridgehead atoms. The first kappa shape index (κ1) is 21.4. The quantitative estimate of drug-likeness (QED) is 0.731. The van der Waals surface area contributed by atoms with E-state index in [0.717, 1.165) is 12.8 Å². The van der Waals surface area contributed by atoms with E-state index >= 15 is 0 Å². The summed E-state index contributed by atoms with van der Waals surface area (Å²) >= 11 is 0. The van der Waals surface area contributed by atoms with Crippen molar-refractivity contribution in [1.29, 1.82) is 0 Å². The molecule has 142 valence electrons. The molecule has 0 saturated carbocycles. The van der Waals surface area contributed by atoms with Crippen LogP contribution < -0.4 is 5.32 Å². The summed E-state index contributed by atoms with van der Waals surface area (Å²) < 4.78 is 40.7. The van der Waals surface area contributed by atoms with Crippen LogP contribution >= 0.6 is 0 Å². The van der Waals surface area contributed by atoms with E-state index in [-0.39, 0.29) is 18.1 Å². The van der Waals surface area contributed by atoms with E-state index < -0.39 is 12.8 Å². The van der Waals surface area contributed by atoms with Crippen LogP contribution in [0.4, 0.5) is 13.2 Å². The lowest BCUT2D eigenvalue weighted by Crippen LogP contribution is -2.52. The van der Waals surface area contributed by atoms with Crippen LogP contribution in [-0.4, -0.2) is 49.8 Å². The first-order chi connectivity index (χ1) is 11.6. The SMILES string of the molecule is CCC(CC)(CNC(=O)c1ccc(COCC(F)(F)F)cc1)N(C)C. The number of nitrogens with zero attached hydrogens (tertiary/aromatic N) is 1. The Hall–Kier alpha value is -1.60. The van der Waals surface area contributed by atoms with Gasteiger partial charge in [-0.25, -0.2) is 0 Å². The molecule has 7 heteroatoms. The maximum Gasteiger partial charge on any atom is 0.411 e. The summed E-state index contributed by atoms with van der Waals surface area (Å²) in [5, 5.41) is 2.94. The molecule has 1 amide bonds. The van der Waals surface area contributed by atoms with Gasteiger partial charge in [0.15, 0.2) is 0 Å². The number of carbonyl (C=O) groups is 1. The topological polar surface area (TPSA) is 41.6 Å². The Balaban J connectivity index is 2.59. The third kappa shape index (κ3) is 6.66. The highest BCUT2D eigenvalue weighted by Gasteiger charge is 2.29. The molecule has 0 aliphatic carbocycles. The number of alkyl halides is 3. The van der Waals surface area contributed by atoms with Crippen molar-refractivity contribution in [3.8, 4) is 0 Å². The van der Waals surface area contributed by atoms with Gasteiger partial charge in [-0.15, -0.1) is 0 Å². The molecule has 0 aliphatic rings. The minimum Gasteiger partial charge on any atom is -0.367 e. The highest BCUT2D eigenvalue weighted by Crippen LogP contribution is 2.20. The molecule has 1 aromatic carbocycles. The van der Waals surface area contributed by atoms with Crippen LogP contribution in [0.15, 0.2) is 24.3 Å². The lowest BCUT2D eigenvalue weighted by molar-refractivity contribution is -0.176. The molecule has 0 atom stereocenters. The zero-order valence-corrected chi connectivity index (χ0v) is 15.2. The van der Waals surface area contributed by atoms with E-state index in [2.05, 4.69) is 28.8 Å². The van der Waals surface area contributed by atoms with Crippen molar-refractivity contribution in [3.63, 3.8) is 0 Å². The van der Waals surface area contributed by atoms with E-state index in [1.807, 2.05) is 14.1 Å². The predicted molar refractivity (Wildman–Crippen MR) is 91.5 cm³/mol. The number of carbonyl (C=O) groups excluding carboxylic acids is 1. The molecular weight excluding hydrogens is 333 g/mol. The van der Waals surface area contributed by atoms with Crippen LogP contribution in [0.25, 0.3) is 0 Å². The maximum absolute atomic E-state index is 12.3. The molecule has 0 radical (unpaired) electrons. The van der Waals surface area contributed by atoms with Gasteiger partial charge in [0.25, 0.3) is 5.91 Å². The summed E-state index contributed by atoms with van der Waals surface area (Å²) in [7, 11) is 3.99. The van der Waals surface area contributed by atoms with E-state index in [0.29, 0.717) is 17.7 Å². The average molecular weight is 360 g/mol. The van der Waals surface area contributed by atoms with Crippen molar-refractivity contribution in [2.45, 2.75) is 45.0 Å². The Morgan fingerprint density at radius 2 is 1.68 bits per heavy atom. The van der Waals surface area contributed by atoms with Gasteiger partial charge in [0, 0.05) is 17.6 Å². The summed E-state index contributed by atoms with van der Waals surface area (Å²) in [6, 6.07) is 6.39. The molecule has 4 nitrogen and oxygen atoms in total. The standard InChI is InChI=1S/C18H27F3N2O2/c1-5-17(6-2,23(3)4)12-22-16(24)15-9-7-14(8-10-15)11-25-13-18(19,20)21/h7-10H,5-6,11-13H2,1-4H3,(H,22,24). The fourth-order valence-electron chi connectivity index (χ4n) is 2.67. The molecule has 1 N–H and O–H groups in total. The molecule has 1 rings (SSSR count). The van der Waals surface area contributed by atoms with E-state index in [4.69, 9.17) is 0 Å². The van der Waals surface area contributed by atoms with Crippen LogP contribution in [0, 0.1) is 0 Å². The largest absolute Gasteiger partial charge is 0.411 e. The number of hydrogen-bond acceptors (Lipinski definition) is 3. The number of hydrogen-bond donors (Lipinski definition) is 1. The molecular formula is C18H27F3N2O2. The molecule has 0 aromatic heterocycles. The zero-order valence-electron chi connectivity index (χ0n) is 15.2. The number of amides is 1. The second kappa shape index (κ2) is 9.20. The van der Waals surface area contributed by atoms with Gasteiger partial charge in [-0.3, -0.25) is 4.79 Å². The van der Waals surface area contributed by atoms with Gasteiger partial charge in [0.2, 0.25) is 0 Å². The second-order valence-corrected chi connectivity index (χ2v) is 6.31. The summed E-state index contributed by atoms with van der Waals surface area (Å²) in [6.07, 6.45) is -2.52. The fraction of sp³-hybridized carbons (Fsp3) is 0.611. The number of benzene rings is 1. The molecule has 0 saturated heterocycles. The monoisotopic (exact) mass is 360 g/mol. The van der Waals surface area contributed by atoms with E-state index in [9.17, 15) is 18.0 Å². The molecule has 0 aliphatic heterocycles. The number of halogens is 3. The fourth-order valence-corrected chi connectivity index (χ4v) is 2.67. The molecule has 0 heterocycles. The Morgan fingerprint density at radius 1 is 1.12 bits per heavy atom. The van der Waals surface area contributed by atoms with Crippen molar-refractivity contribution in [3.05, 3.63) is 35.4 Å². The minimum absolute atomic E-state index is 0.0962. The highest BCUT2D eigenvalue weighted by atomic mass is 19.4. The van der Waals surface area contributed by atoms with E-state index in [1.165, 1.54) is 0 Å². The zero-order chi connectivity index (χ0) is 19.1. The summed E-state index contributed by atoms with van der Waals surface area (Å²) in [6.45, 7) is 3.28. The third-order valence-corrected chi connectivity index (χ3v) is 4.59. The smallest absolute Gasteiger partial charge is 0.367 e. The lowest BCUT2D eigenvalue weighted by Gasteiger charge is -2.38. The first-order valence-electron chi connectivity index (χ1n) is 8.32. The van der Waals surface area contributed by atoms with Crippen LogP contribution in [0.1, 0.15) is 42.6 Å². The molecule has 0 fully saturated rings. The van der Waals surface area contributed by atoms with Gasteiger partial charge in [-0.05, 0) is 44.6 Å². The highest BCUT2D eigenvalue weighted by molar-refractivity contribution is 5.94. The summed E-state index contributed by atoms with van der Waals surface area (Å²) in [5.74, 6) is -0.198. The molecule has 25 heavy (non-hydrogen) atoms. The second-order valence-electron chi connectivity index (χ2n) is 6.31. The van der Waals surface area contributed by atoms with Gasteiger partial charge in [0.05, 0.1) is 6.61 Å². The van der Waals surface area contributed by atoms with Gasteiger partial charge in [0.1, 0.15) is 6.61 Å². The van der Waals surface area contributed by atoms with Crippen LogP contribution in [0.3, 0.4) is 0 Å². The third-order valence-electron chi connectivity index (χ3n) is 4.59. The first-order valence-corrected chi connectivity index (χ1v) is 8.32. The van der Waals surface area contributed by atoms with Gasteiger partial charge in [-0.1, -0.05) is 26.0 Å². The number of likely N-dealkylation sites (N-methyl/N-ethyl adjacent to an activating group) is 1. The molecule has 0 spiro atoms. The van der Waals surface area contributed by atoms with Crippen molar-refractivity contribution in [2.24, 2.45) is 0 Å². The Kier molecular flexibility index (Phi) is 7.89. The van der Waals surface area contributed by atoms with Crippen molar-refractivity contribution in [1.82, 2.24) is 10.2 Å². The van der Waals surface area contributed by atoms with Gasteiger partial charge < -0.3 is 15.0 Å². The Morgan fingerprint density at radius 3 is 2.12 bits per heavy atom. The summed E-state index contributed by atoms with van der Waals surface area (Å²) in [5.41, 5.74) is 0.964. The van der Waals surface area contributed by atoms with Crippen molar-refractivity contribution >= 4 is 5.91 Å². The lowest BCUT2D eigenvalue weighted by atomic mass is 9.91.